The van der Waals surface area contributed by atoms with Crippen LogP contribution in [0.25, 0.3) is 0 Å². The predicted octanol–water partition coefficient (Wildman–Crippen LogP) is 3.82. The first-order chi connectivity index (χ1) is 11.6. The molecule has 0 saturated heterocycles. The first-order valence-electron chi connectivity index (χ1n) is 8.15. The molecule has 122 valence electrons. The van der Waals surface area contributed by atoms with Crippen LogP contribution in [-0.2, 0) is 17.6 Å². The highest BCUT2D eigenvalue weighted by Crippen LogP contribution is 2.36. The fourth-order valence-corrected chi connectivity index (χ4v) is 3.65. The minimum absolute atomic E-state index is 0.134. The number of nitrogens with one attached hydrogen (secondary N) is 1. The number of anilines is 2. The summed E-state index contributed by atoms with van der Waals surface area (Å²) in [5, 5.41) is 3.54. The van der Waals surface area contributed by atoms with E-state index in [1.54, 1.807) is 24.3 Å². The van der Waals surface area contributed by atoms with Gasteiger partial charge in [0, 0.05) is 29.2 Å². The van der Waals surface area contributed by atoms with Gasteiger partial charge in [-0.3, -0.25) is 9.59 Å². The number of carbonyl (C=O) groups excluding carboxylic acids is 2. The Labute approximate surface area is 145 Å². The van der Waals surface area contributed by atoms with Crippen LogP contribution < -0.4 is 10.2 Å². The second-order valence-corrected chi connectivity index (χ2v) is 6.69. The van der Waals surface area contributed by atoms with Crippen LogP contribution in [0.2, 0.25) is 5.02 Å². The Morgan fingerprint density at radius 2 is 1.75 bits per heavy atom. The molecule has 2 amide bonds. The van der Waals surface area contributed by atoms with Gasteiger partial charge < -0.3 is 10.2 Å². The third-order valence-corrected chi connectivity index (χ3v) is 4.89. The minimum Gasteiger partial charge on any atom is -0.322 e. The Balaban J connectivity index is 1.66. The van der Waals surface area contributed by atoms with Gasteiger partial charge in [-0.2, -0.15) is 0 Å². The van der Waals surface area contributed by atoms with Gasteiger partial charge in [0.2, 0.25) is 5.91 Å². The van der Waals surface area contributed by atoms with Crippen molar-refractivity contribution < 1.29 is 9.59 Å². The highest BCUT2D eigenvalue weighted by Gasteiger charge is 2.30. The third-order valence-electron chi connectivity index (χ3n) is 4.64. The van der Waals surface area contributed by atoms with E-state index in [1.807, 2.05) is 17.0 Å². The van der Waals surface area contributed by atoms with E-state index in [2.05, 4.69) is 5.32 Å². The number of aryl methyl sites for hydroxylation is 2. The predicted molar refractivity (Wildman–Crippen MR) is 94.8 cm³/mol. The molecule has 4 nitrogen and oxygen atoms in total. The Morgan fingerprint density at radius 1 is 1.04 bits per heavy atom. The van der Waals surface area contributed by atoms with Gasteiger partial charge in [0.1, 0.15) is 0 Å². The summed E-state index contributed by atoms with van der Waals surface area (Å²) in [5.74, 6) is 0.0622. The lowest BCUT2D eigenvalue weighted by molar-refractivity contribution is -0.119. The van der Waals surface area contributed by atoms with Crippen molar-refractivity contribution in [3.05, 3.63) is 58.1 Å². The van der Waals surface area contributed by atoms with Gasteiger partial charge in [-0.15, -0.1) is 0 Å². The molecule has 2 heterocycles. The number of halogens is 1. The van der Waals surface area contributed by atoms with E-state index < -0.39 is 0 Å². The molecular weight excluding hydrogens is 324 g/mol. The Hall–Kier alpha value is -2.33. The van der Waals surface area contributed by atoms with Crippen molar-refractivity contribution in [1.29, 1.82) is 0 Å². The monoisotopic (exact) mass is 340 g/mol. The van der Waals surface area contributed by atoms with Crippen molar-refractivity contribution in [3.63, 3.8) is 0 Å². The van der Waals surface area contributed by atoms with Crippen molar-refractivity contribution in [2.24, 2.45) is 0 Å². The molecule has 24 heavy (non-hydrogen) atoms. The van der Waals surface area contributed by atoms with Crippen molar-refractivity contribution in [2.75, 3.05) is 16.8 Å². The standard InChI is InChI=1S/C19H17ClN2O2/c20-15-4-6-16(7-5-15)21-19(24)14-10-12-2-1-9-22-17(23)8-3-13(11-14)18(12)22/h4-7,10-11H,1-3,8-9H2,(H,21,24). The summed E-state index contributed by atoms with van der Waals surface area (Å²) in [6, 6.07) is 10.9. The van der Waals surface area contributed by atoms with Crippen LogP contribution in [0, 0.1) is 0 Å². The maximum Gasteiger partial charge on any atom is 0.255 e. The summed E-state index contributed by atoms with van der Waals surface area (Å²) in [6.07, 6.45) is 3.09. The van der Waals surface area contributed by atoms with Crippen LogP contribution in [0.4, 0.5) is 11.4 Å². The molecule has 0 saturated carbocycles. The number of nitrogens with zero attached hydrogens (tertiary/aromatic N) is 1. The van der Waals surface area contributed by atoms with E-state index in [9.17, 15) is 9.59 Å². The van der Waals surface area contributed by atoms with Crippen molar-refractivity contribution in [3.8, 4) is 0 Å². The fourth-order valence-electron chi connectivity index (χ4n) is 3.52. The largest absolute Gasteiger partial charge is 0.322 e. The Bertz CT molecular complexity index is 813. The van der Waals surface area contributed by atoms with Gasteiger partial charge in [-0.25, -0.2) is 0 Å². The number of benzene rings is 2. The van der Waals surface area contributed by atoms with Crippen LogP contribution in [-0.4, -0.2) is 18.4 Å². The van der Waals surface area contributed by atoms with Gasteiger partial charge in [0.05, 0.1) is 5.69 Å². The van der Waals surface area contributed by atoms with E-state index in [-0.39, 0.29) is 11.8 Å². The first kappa shape index (κ1) is 15.2. The number of amides is 2. The normalized spacial score (nSPS) is 15.9. The third kappa shape index (κ3) is 2.67. The molecule has 0 aliphatic carbocycles. The van der Waals surface area contributed by atoms with Crippen LogP contribution in [0.15, 0.2) is 36.4 Å². The zero-order valence-corrected chi connectivity index (χ0v) is 13.9. The maximum atomic E-state index is 12.6. The van der Waals surface area contributed by atoms with E-state index in [4.69, 9.17) is 11.6 Å². The lowest BCUT2D eigenvalue weighted by Gasteiger charge is -2.35. The molecule has 0 spiro atoms. The Kier molecular flexibility index (Phi) is 3.77. The average molecular weight is 341 g/mol. The second kappa shape index (κ2) is 5.95. The van der Waals surface area contributed by atoms with Crippen LogP contribution in [0.1, 0.15) is 34.3 Å². The average Bonchev–Trinajstić information content (AvgIpc) is 2.60. The van der Waals surface area contributed by atoms with E-state index >= 15 is 0 Å². The molecule has 5 heteroatoms. The molecule has 2 aliphatic rings. The van der Waals surface area contributed by atoms with Gasteiger partial charge in [0.25, 0.3) is 5.91 Å². The summed E-state index contributed by atoms with van der Waals surface area (Å²) >= 11 is 5.87. The maximum absolute atomic E-state index is 12.6. The molecule has 0 aromatic heterocycles. The van der Waals surface area contributed by atoms with E-state index in [0.717, 1.165) is 36.2 Å². The first-order valence-corrected chi connectivity index (χ1v) is 8.53. The van der Waals surface area contributed by atoms with Crippen LogP contribution in [0.3, 0.4) is 0 Å². The highest BCUT2D eigenvalue weighted by atomic mass is 35.5. The van der Waals surface area contributed by atoms with Gasteiger partial charge in [-0.05, 0) is 66.8 Å². The van der Waals surface area contributed by atoms with Crippen molar-refractivity contribution in [1.82, 2.24) is 0 Å². The molecule has 0 atom stereocenters. The minimum atomic E-state index is -0.134. The second-order valence-electron chi connectivity index (χ2n) is 6.25. The molecule has 0 radical (unpaired) electrons. The lowest BCUT2D eigenvalue weighted by atomic mass is 9.89. The van der Waals surface area contributed by atoms with E-state index in [0.29, 0.717) is 29.1 Å². The summed E-state index contributed by atoms with van der Waals surface area (Å²) in [6.45, 7) is 0.787. The zero-order valence-electron chi connectivity index (χ0n) is 13.1. The van der Waals surface area contributed by atoms with E-state index in [1.165, 1.54) is 0 Å². The highest BCUT2D eigenvalue weighted by molar-refractivity contribution is 6.30. The van der Waals surface area contributed by atoms with Crippen molar-refractivity contribution >= 4 is 34.8 Å². The molecule has 2 aromatic carbocycles. The number of carbonyl (C=O) groups is 2. The zero-order chi connectivity index (χ0) is 16.7. The molecule has 2 aliphatic heterocycles. The molecule has 4 rings (SSSR count). The molecule has 0 fully saturated rings. The summed E-state index contributed by atoms with van der Waals surface area (Å²) in [4.78, 5) is 26.6. The van der Waals surface area contributed by atoms with Crippen LogP contribution >= 0.6 is 11.6 Å². The molecular formula is C19H17ClN2O2. The fraction of sp³-hybridized carbons (Fsp3) is 0.263. The van der Waals surface area contributed by atoms with Crippen LogP contribution in [0.5, 0.6) is 0 Å². The molecule has 1 N–H and O–H groups in total. The summed E-state index contributed by atoms with van der Waals surface area (Å²) in [7, 11) is 0. The topological polar surface area (TPSA) is 49.4 Å². The molecule has 0 unspecified atom stereocenters. The van der Waals surface area contributed by atoms with Gasteiger partial charge in [0.15, 0.2) is 0 Å². The number of rotatable bonds is 2. The summed E-state index contributed by atoms with van der Waals surface area (Å²) < 4.78 is 0. The summed E-state index contributed by atoms with van der Waals surface area (Å²) in [5.41, 5.74) is 4.61. The SMILES string of the molecule is O=C(Nc1ccc(Cl)cc1)c1cc2c3c(c1)CCC(=O)N3CCC2. The Morgan fingerprint density at radius 3 is 2.50 bits per heavy atom. The van der Waals surface area contributed by atoms with Gasteiger partial charge in [-0.1, -0.05) is 11.6 Å². The van der Waals surface area contributed by atoms with Gasteiger partial charge >= 0.3 is 0 Å². The number of hydrogen-bond acceptors (Lipinski definition) is 2. The smallest absolute Gasteiger partial charge is 0.255 e. The van der Waals surface area contributed by atoms with Crippen molar-refractivity contribution in [2.45, 2.75) is 25.7 Å². The number of hydrogen-bond donors (Lipinski definition) is 1. The lowest BCUT2D eigenvalue weighted by Crippen LogP contribution is -2.39. The molecule has 2 aromatic rings. The quantitative estimate of drug-likeness (QED) is 0.903. The molecule has 0 bridgehead atoms.